The van der Waals surface area contributed by atoms with Gasteiger partial charge in [0.1, 0.15) is 0 Å². The zero-order chi connectivity index (χ0) is 14.6. The topological polar surface area (TPSA) is 55.1 Å². The number of carbonyl (C=O) groups is 1. The molecule has 0 bridgehead atoms. The highest BCUT2D eigenvalue weighted by Gasteiger charge is 2.25. The maximum atomic E-state index is 12.1. The van der Waals surface area contributed by atoms with E-state index in [-0.39, 0.29) is 5.92 Å². The van der Waals surface area contributed by atoms with Crippen molar-refractivity contribution >= 4 is 5.91 Å². The van der Waals surface area contributed by atoms with Crippen LogP contribution < -0.4 is 11.1 Å². The molecular formula is C17H34N2O. The van der Waals surface area contributed by atoms with Crippen molar-refractivity contribution in [2.75, 3.05) is 13.1 Å². The number of hydrogen-bond acceptors (Lipinski definition) is 2. The van der Waals surface area contributed by atoms with Crippen LogP contribution in [-0.4, -0.2) is 19.0 Å². The summed E-state index contributed by atoms with van der Waals surface area (Å²) in [6.07, 6.45) is 13.3. The fraction of sp³-hybridized carbons (Fsp3) is 0.941. The molecule has 1 rings (SSSR count). The van der Waals surface area contributed by atoms with Crippen LogP contribution in [0.15, 0.2) is 0 Å². The van der Waals surface area contributed by atoms with Crippen molar-refractivity contribution in [3.63, 3.8) is 0 Å². The molecule has 0 radical (unpaired) electrons. The highest BCUT2D eigenvalue weighted by Crippen LogP contribution is 2.31. The molecule has 1 aliphatic carbocycles. The summed E-state index contributed by atoms with van der Waals surface area (Å²) in [6, 6.07) is 0. The molecule has 0 aromatic rings. The fourth-order valence-corrected chi connectivity index (χ4v) is 3.18. The van der Waals surface area contributed by atoms with Gasteiger partial charge in [0.2, 0.25) is 5.91 Å². The Morgan fingerprint density at radius 1 is 1.05 bits per heavy atom. The van der Waals surface area contributed by atoms with Crippen LogP contribution in [0.25, 0.3) is 0 Å². The predicted molar refractivity (Wildman–Crippen MR) is 85.5 cm³/mol. The van der Waals surface area contributed by atoms with Gasteiger partial charge in [-0.15, -0.1) is 0 Å². The first kappa shape index (κ1) is 17.5. The van der Waals surface area contributed by atoms with Crippen LogP contribution in [0.4, 0.5) is 0 Å². The molecule has 3 N–H and O–H groups in total. The van der Waals surface area contributed by atoms with Gasteiger partial charge in [0.25, 0.3) is 0 Å². The molecule has 3 heteroatoms. The van der Waals surface area contributed by atoms with Gasteiger partial charge in [-0.3, -0.25) is 4.79 Å². The maximum absolute atomic E-state index is 12.1. The molecule has 0 aromatic heterocycles. The molecule has 0 unspecified atom stereocenters. The molecular weight excluding hydrogens is 248 g/mol. The van der Waals surface area contributed by atoms with E-state index in [1.807, 2.05) is 0 Å². The summed E-state index contributed by atoms with van der Waals surface area (Å²) in [5.74, 6) is 1.48. The largest absolute Gasteiger partial charge is 0.356 e. The van der Waals surface area contributed by atoms with Crippen LogP contribution in [-0.2, 0) is 4.79 Å². The van der Waals surface area contributed by atoms with Crippen LogP contribution in [0.3, 0.4) is 0 Å². The molecule has 0 atom stereocenters. The summed E-state index contributed by atoms with van der Waals surface area (Å²) in [5, 5.41) is 3.12. The van der Waals surface area contributed by atoms with Crippen molar-refractivity contribution in [1.29, 1.82) is 0 Å². The lowest BCUT2D eigenvalue weighted by Gasteiger charge is -2.27. The Hall–Kier alpha value is -0.570. The van der Waals surface area contributed by atoms with Gasteiger partial charge in [0.15, 0.2) is 0 Å². The molecule has 0 aliphatic heterocycles. The number of rotatable bonds is 10. The lowest BCUT2D eigenvalue weighted by Crippen LogP contribution is -2.33. The molecule has 0 saturated heterocycles. The van der Waals surface area contributed by atoms with E-state index in [9.17, 15) is 4.79 Å². The van der Waals surface area contributed by atoms with Gasteiger partial charge in [-0.05, 0) is 51.0 Å². The van der Waals surface area contributed by atoms with E-state index in [1.54, 1.807) is 0 Å². The minimum atomic E-state index is 0.289. The van der Waals surface area contributed by atoms with E-state index < -0.39 is 0 Å². The lowest BCUT2D eigenvalue weighted by molar-refractivity contribution is -0.126. The minimum Gasteiger partial charge on any atom is -0.356 e. The zero-order valence-electron chi connectivity index (χ0n) is 13.3. The van der Waals surface area contributed by atoms with Crippen LogP contribution in [0.1, 0.15) is 77.6 Å². The third kappa shape index (κ3) is 7.28. The molecule has 1 aliphatic rings. The summed E-state index contributed by atoms with van der Waals surface area (Å²) in [7, 11) is 0. The Morgan fingerprint density at radius 2 is 1.75 bits per heavy atom. The predicted octanol–water partition coefficient (Wildman–Crippen LogP) is 3.62. The second-order valence-corrected chi connectivity index (χ2v) is 6.35. The second kappa shape index (κ2) is 11.1. The summed E-state index contributed by atoms with van der Waals surface area (Å²) < 4.78 is 0. The summed E-state index contributed by atoms with van der Waals surface area (Å²) >= 11 is 0. The van der Waals surface area contributed by atoms with Crippen LogP contribution in [0.5, 0.6) is 0 Å². The standard InChI is InChI=1S/C17H34N2O/c1-2-3-8-15-9-11-16(12-10-15)17(20)19-14-7-5-4-6-13-18/h15-16H,2-14,18H2,1H3,(H,19,20). The number of hydrogen-bond donors (Lipinski definition) is 2. The van der Waals surface area contributed by atoms with Gasteiger partial charge in [0.05, 0.1) is 0 Å². The van der Waals surface area contributed by atoms with E-state index >= 15 is 0 Å². The molecule has 1 saturated carbocycles. The molecule has 0 heterocycles. The third-order valence-corrected chi connectivity index (χ3v) is 4.61. The highest BCUT2D eigenvalue weighted by atomic mass is 16.1. The van der Waals surface area contributed by atoms with E-state index in [2.05, 4.69) is 12.2 Å². The molecule has 118 valence electrons. The first-order chi connectivity index (χ1) is 9.77. The quantitative estimate of drug-likeness (QED) is 0.601. The Balaban J connectivity index is 2.04. The van der Waals surface area contributed by atoms with Crippen LogP contribution >= 0.6 is 0 Å². The molecule has 3 nitrogen and oxygen atoms in total. The van der Waals surface area contributed by atoms with Crippen molar-refractivity contribution in [2.24, 2.45) is 17.6 Å². The Bertz CT molecular complexity index is 247. The van der Waals surface area contributed by atoms with Crippen LogP contribution in [0, 0.1) is 11.8 Å². The summed E-state index contributed by atoms with van der Waals surface area (Å²) in [4.78, 5) is 12.1. The number of unbranched alkanes of at least 4 members (excludes halogenated alkanes) is 4. The molecule has 1 amide bonds. The number of amides is 1. The normalized spacial score (nSPS) is 22.7. The Morgan fingerprint density at radius 3 is 2.40 bits per heavy atom. The molecule has 20 heavy (non-hydrogen) atoms. The van der Waals surface area contributed by atoms with Gasteiger partial charge in [-0.2, -0.15) is 0 Å². The monoisotopic (exact) mass is 282 g/mol. The Kier molecular flexibility index (Phi) is 9.73. The minimum absolute atomic E-state index is 0.289. The molecule has 1 fully saturated rings. The van der Waals surface area contributed by atoms with Crippen LogP contribution in [0.2, 0.25) is 0 Å². The van der Waals surface area contributed by atoms with Crippen molar-refractivity contribution in [2.45, 2.75) is 77.6 Å². The Labute approximate surface area is 125 Å². The third-order valence-electron chi connectivity index (χ3n) is 4.61. The lowest BCUT2D eigenvalue weighted by atomic mass is 9.79. The van der Waals surface area contributed by atoms with E-state index in [4.69, 9.17) is 5.73 Å². The number of nitrogens with one attached hydrogen (secondary N) is 1. The summed E-state index contributed by atoms with van der Waals surface area (Å²) in [6.45, 7) is 3.89. The van der Waals surface area contributed by atoms with E-state index in [0.29, 0.717) is 5.91 Å². The molecule has 0 spiro atoms. The SMILES string of the molecule is CCCCC1CCC(C(=O)NCCCCCCN)CC1. The van der Waals surface area contributed by atoms with Crippen molar-refractivity contribution in [1.82, 2.24) is 5.32 Å². The average molecular weight is 282 g/mol. The highest BCUT2D eigenvalue weighted by molar-refractivity contribution is 5.78. The maximum Gasteiger partial charge on any atom is 0.223 e. The van der Waals surface area contributed by atoms with Crippen molar-refractivity contribution < 1.29 is 4.79 Å². The van der Waals surface area contributed by atoms with Gasteiger partial charge in [-0.25, -0.2) is 0 Å². The van der Waals surface area contributed by atoms with Crippen molar-refractivity contribution in [3.8, 4) is 0 Å². The van der Waals surface area contributed by atoms with Gasteiger partial charge in [-0.1, -0.05) is 39.0 Å². The van der Waals surface area contributed by atoms with Crippen molar-refractivity contribution in [3.05, 3.63) is 0 Å². The van der Waals surface area contributed by atoms with E-state index in [0.717, 1.165) is 44.7 Å². The first-order valence-corrected chi connectivity index (χ1v) is 8.75. The van der Waals surface area contributed by atoms with Gasteiger partial charge in [0, 0.05) is 12.5 Å². The fourth-order valence-electron chi connectivity index (χ4n) is 3.18. The average Bonchev–Trinajstić information content (AvgIpc) is 2.49. The van der Waals surface area contributed by atoms with E-state index in [1.165, 1.54) is 44.9 Å². The number of nitrogens with two attached hydrogens (primary N) is 1. The second-order valence-electron chi connectivity index (χ2n) is 6.35. The number of carbonyl (C=O) groups excluding carboxylic acids is 1. The first-order valence-electron chi connectivity index (χ1n) is 8.75. The molecule has 0 aromatic carbocycles. The summed E-state index contributed by atoms with van der Waals surface area (Å²) in [5.41, 5.74) is 5.46. The van der Waals surface area contributed by atoms with Gasteiger partial charge < -0.3 is 11.1 Å². The van der Waals surface area contributed by atoms with Gasteiger partial charge >= 0.3 is 0 Å². The smallest absolute Gasteiger partial charge is 0.223 e. The zero-order valence-corrected chi connectivity index (χ0v) is 13.3.